The van der Waals surface area contributed by atoms with Crippen LogP contribution in [-0.2, 0) is 10.0 Å². The van der Waals surface area contributed by atoms with Crippen molar-refractivity contribution < 1.29 is 8.42 Å². The zero-order chi connectivity index (χ0) is 13.3. The van der Waals surface area contributed by atoms with E-state index in [-0.39, 0.29) is 0 Å². The maximum absolute atomic E-state index is 12.5. The average Bonchev–Trinajstić information content (AvgIpc) is 2.70. The van der Waals surface area contributed by atoms with Crippen LogP contribution in [0.1, 0.15) is 12.8 Å². The van der Waals surface area contributed by atoms with Crippen molar-refractivity contribution in [3.63, 3.8) is 0 Å². The first-order valence-electron chi connectivity index (χ1n) is 5.46. The third kappa shape index (κ3) is 3.12. The number of hydrogen-bond acceptors (Lipinski definition) is 3. The van der Waals surface area contributed by atoms with Gasteiger partial charge in [0.1, 0.15) is 4.21 Å². The predicted octanol–water partition coefficient (Wildman–Crippen LogP) is 3.96. The Kier molecular flexibility index (Phi) is 5.17. The summed E-state index contributed by atoms with van der Waals surface area (Å²) in [7, 11) is -3.39. The number of piperidine rings is 1. The number of sulfonamides is 1. The highest BCUT2D eigenvalue weighted by atomic mass is 79.9. The molecule has 1 aromatic rings. The van der Waals surface area contributed by atoms with Crippen LogP contribution in [0.2, 0.25) is 5.02 Å². The van der Waals surface area contributed by atoms with E-state index < -0.39 is 10.0 Å². The molecule has 2 rings (SSSR count). The molecule has 1 atom stereocenters. The predicted molar refractivity (Wildman–Crippen MR) is 82.3 cm³/mol. The lowest BCUT2D eigenvalue weighted by Gasteiger charge is -2.30. The van der Waals surface area contributed by atoms with E-state index in [1.165, 1.54) is 17.4 Å². The number of hydrogen-bond donors (Lipinski definition) is 0. The van der Waals surface area contributed by atoms with Crippen LogP contribution in [0, 0.1) is 5.92 Å². The van der Waals surface area contributed by atoms with E-state index in [2.05, 4.69) is 31.9 Å². The minimum atomic E-state index is -3.39. The van der Waals surface area contributed by atoms with Crippen LogP contribution in [0.5, 0.6) is 0 Å². The van der Waals surface area contributed by atoms with Gasteiger partial charge in [0.15, 0.2) is 0 Å². The molecule has 8 heteroatoms. The van der Waals surface area contributed by atoms with E-state index in [4.69, 9.17) is 11.6 Å². The van der Waals surface area contributed by atoms with Gasteiger partial charge in [-0.1, -0.05) is 27.5 Å². The molecule has 3 nitrogen and oxygen atoms in total. The molecule has 1 aliphatic rings. The van der Waals surface area contributed by atoms with Crippen molar-refractivity contribution in [2.24, 2.45) is 5.92 Å². The van der Waals surface area contributed by atoms with Crippen LogP contribution in [0.4, 0.5) is 0 Å². The highest BCUT2D eigenvalue weighted by molar-refractivity contribution is 9.11. The van der Waals surface area contributed by atoms with Crippen LogP contribution < -0.4 is 0 Å². The second kappa shape index (κ2) is 6.10. The molecule has 0 amide bonds. The van der Waals surface area contributed by atoms with E-state index >= 15 is 0 Å². The summed E-state index contributed by atoms with van der Waals surface area (Å²) in [6.45, 7) is 1.18. The topological polar surface area (TPSA) is 37.4 Å². The Morgan fingerprint density at radius 3 is 2.83 bits per heavy atom. The van der Waals surface area contributed by atoms with Crippen molar-refractivity contribution in [2.75, 3.05) is 18.4 Å². The number of nitrogens with zero attached hydrogens (tertiary/aromatic N) is 1. The van der Waals surface area contributed by atoms with Gasteiger partial charge in [-0.15, -0.1) is 11.3 Å². The van der Waals surface area contributed by atoms with E-state index in [0.29, 0.717) is 32.0 Å². The van der Waals surface area contributed by atoms with Gasteiger partial charge >= 0.3 is 0 Å². The molecule has 1 aromatic heterocycles. The smallest absolute Gasteiger partial charge is 0.206 e. The van der Waals surface area contributed by atoms with Crippen molar-refractivity contribution in [1.82, 2.24) is 4.31 Å². The van der Waals surface area contributed by atoms with Gasteiger partial charge in [-0.05, 0) is 40.8 Å². The normalized spacial score (nSPS) is 22.3. The molecule has 0 N–H and O–H groups in total. The van der Waals surface area contributed by atoms with Gasteiger partial charge in [0.05, 0.1) is 8.81 Å². The first-order valence-corrected chi connectivity index (χ1v) is 10.0. The largest absolute Gasteiger partial charge is 0.252 e. The Morgan fingerprint density at radius 1 is 1.56 bits per heavy atom. The lowest BCUT2D eigenvalue weighted by Crippen LogP contribution is -2.40. The fraction of sp³-hybridized carbons (Fsp3) is 0.600. The zero-order valence-corrected chi connectivity index (χ0v) is 15.0. The van der Waals surface area contributed by atoms with Gasteiger partial charge in [-0.2, -0.15) is 4.31 Å². The molecule has 0 radical (unpaired) electrons. The fourth-order valence-corrected chi connectivity index (χ4v) is 6.59. The lowest BCUT2D eigenvalue weighted by molar-refractivity contribution is 0.286. The summed E-state index contributed by atoms with van der Waals surface area (Å²) in [6.07, 6.45) is 1.99. The summed E-state index contributed by atoms with van der Waals surface area (Å²) in [6, 6.07) is 1.52. The molecule has 18 heavy (non-hydrogen) atoms. The molecule has 0 aliphatic carbocycles. The molecule has 1 unspecified atom stereocenters. The minimum absolute atomic E-state index is 0.314. The first-order chi connectivity index (χ1) is 8.45. The van der Waals surface area contributed by atoms with Gasteiger partial charge in [0.2, 0.25) is 0 Å². The molecule has 2 heterocycles. The maximum atomic E-state index is 12.5. The second-order valence-corrected chi connectivity index (χ2v) is 9.80. The highest BCUT2D eigenvalue weighted by Gasteiger charge is 2.31. The Hall–Kier alpha value is 0.860. The third-order valence-corrected chi connectivity index (χ3v) is 8.62. The summed E-state index contributed by atoms with van der Waals surface area (Å²) >= 11 is 13.8. The molecule has 0 aromatic carbocycles. The van der Waals surface area contributed by atoms with Crippen LogP contribution in [0.15, 0.2) is 14.1 Å². The molecule has 102 valence electrons. The van der Waals surface area contributed by atoms with Crippen LogP contribution in [-0.4, -0.2) is 31.1 Å². The quantitative estimate of drug-likeness (QED) is 0.672. The van der Waals surface area contributed by atoms with Crippen LogP contribution >= 0.6 is 54.8 Å². The summed E-state index contributed by atoms with van der Waals surface area (Å²) in [5.74, 6) is 0.396. The van der Waals surface area contributed by atoms with Crippen molar-refractivity contribution in [3.05, 3.63) is 14.9 Å². The number of rotatable bonds is 3. The third-order valence-electron chi connectivity index (χ3n) is 2.92. The summed E-state index contributed by atoms with van der Waals surface area (Å²) in [5.41, 5.74) is 0. The molecular formula is C10H12Br2ClNO2S2. The van der Waals surface area contributed by atoms with Gasteiger partial charge < -0.3 is 0 Å². The van der Waals surface area contributed by atoms with Gasteiger partial charge in [-0.3, -0.25) is 0 Å². The Bertz CT molecular complexity index is 512. The van der Waals surface area contributed by atoms with Crippen molar-refractivity contribution in [2.45, 2.75) is 17.1 Å². The molecule has 0 saturated carbocycles. The fourth-order valence-electron chi connectivity index (χ4n) is 1.95. The number of thiophene rings is 1. The zero-order valence-electron chi connectivity index (χ0n) is 9.40. The summed E-state index contributed by atoms with van der Waals surface area (Å²) in [5, 5.41) is 1.29. The standard InChI is InChI=1S/C10H12Br2ClNO2S2/c11-5-7-2-1-3-14(6-7)18(15,16)9-4-8(13)10(12)17-9/h4,7H,1-3,5-6H2. The van der Waals surface area contributed by atoms with E-state index in [9.17, 15) is 8.42 Å². The molecular weight excluding hydrogens is 426 g/mol. The van der Waals surface area contributed by atoms with Crippen molar-refractivity contribution >= 4 is 64.8 Å². The molecule has 0 spiro atoms. The first kappa shape index (κ1) is 15.3. The van der Waals surface area contributed by atoms with Crippen molar-refractivity contribution in [3.8, 4) is 0 Å². The van der Waals surface area contributed by atoms with E-state index in [1.807, 2.05) is 0 Å². The Labute approximate surface area is 133 Å². The minimum Gasteiger partial charge on any atom is -0.206 e. The molecule has 1 saturated heterocycles. The average molecular weight is 438 g/mol. The van der Waals surface area contributed by atoms with E-state index in [1.54, 1.807) is 4.31 Å². The number of halogens is 3. The Morgan fingerprint density at radius 2 is 2.28 bits per heavy atom. The van der Waals surface area contributed by atoms with Gasteiger partial charge in [-0.25, -0.2) is 8.42 Å². The summed E-state index contributed by atoms with van der Waals surface area (Å²) < 4.78 is 27.5. The SMILES string of the molecule is O=S(=O)(c1cc(Cl)c(Br)s1)N1CCCC(CBr)C1. The monoisotopic (exact) mass is 435 g/mol. The van der Waals surface area contributed by atoms with Crippen molar-refractivity contribution in [1.29, 1.82) is 0 Å². The van der Waals surface area contributed by atoms with Gasteiger partial charge in [0.25, 0.3) is 10.0 Å². The van der Waals surface area contributed by atoms with Crippen LogP contribution in [0.25, 0.3) is 0 Å². The molecule has 1 aliphatic heterocycles. The van der Waals surface area contributed by atoms with E-state index in [0.717, 1.165) is 18.2 Å². The second-order valence-electron chi connectivity index (χ2n) is 4.21. The summed E-state index contributed by atoms with van der Waals surface area (Å²) in [4.78, 5) is 0. The number of alkyl halides is 1. The maximum Gasteiger partial charge on any atom is 0.252 e. The highest BCUT2D eigenvalue weighted by Crippen LogP contribution is 2.36. The van der Waals surface area contributed by atoms with Gasteiger partial charge in [0, 0.05) is 18.4 Å². The Balaban J connectivity index is 2.25. The lowest BCUT2D eigenvalue weighted by atomic mass is 10.0. The van der Waals surface area contributed by atoms with Crippen LogP contribution in [0.3, 0.4) is 0 Å². The molecule has 0 bridgehead atoms. The molecule has 1 fully saturated rings.